The molecule has 76 valence electrons. The molecule has 3 heteroatoms. The summed E-state index contributed by atoms with van der Waals surface area (Å²) in [4.78, 5) is 0. The van der Waals surface area contributed by atoms with Gasteiger partial charge in [-0.05, 0) is 37.5 Å². The van der Waals surface area contributed by atoms with Crippen LogP contribution < -0.4 is 10.5 Å². The van der Waals surface area contributed by atoms with Crippen molar-refractivity contribution in [3.8, 4) is 5.75 Å². The van der Waals surface area contributed by atoms with Gasteiger partial charge in [-0.2, -0.15) is 0 Å². The molecule has 0 unspecified atom stereocenters. The van der Waals surface area contributed by atoms with Gasteiger partial charge < -0.3 is 10.5 Å². The maximum absolute atomic E-state index is 6.27. The average molecular weight is 256 g/mol. The lowest BCUT2D eigenvalue weighted by Crippen LogP contribution is -2.43. The third-order valence-corrected chi connectivity index (χ3v) is 3.44. The van der Waals surface area contributed by atoms with Gasteiger partial charge in [-0.3, -0.25) is 0 Å². The molecule has 0 saturated heterocycles. The maximum Gasteiger partial charge on any atom is 0.123 e. The van der Waals surface area contributed by atoms with E-state index in [0.29, 0.717) is 0 Å². The van der Waals surface area contributed by atoms with Crippen molar-refractivity contribution in [2.24, 2.45) is 5.73 Å². The maximum atomic E-state index is 6.27. The van der Waals surface area contributed by atoms with E-state index in [0.717, 1.165) is 28.6 Å². The number of methoxy groups -OCH3 is 1. The van der Waals surface area contributed by atoms with Gasteiger partial charge >= 0.3 is 0 Å². The summed E-state index contributed by atoms with van der Waals surface area (Å²) >= 11 is 3.46. The number of hydrogen-bond donors (Lipinski definition) is 1. The van der Waals surface area contributed by atoms with Crippen LogP contribution in [0.25, 0.3) is 0 Å². The Bertz CT molecular complexity index is 347. The topological polar surface area (TPSA) is 35.2 Å². The lowest BCUT2D eigenvalue weighted by Gasteiger charge is -2.39. The number of halogens is 1. The minimum absolute atomic E-state index is 0.158. The number of nitrogens with two attached hydrogens (primary N) is 1. The van der Waals surface area contributed by atoms with Crippen LogP contribution in [0.5, 0.6) is 5.75 Å². The van der Waals surface area contributed by atoms with Gasteiger partial charge in [0.15, 0.2) is 0 Å². The summed E-state index contributed by atoms with van der Waals surface area (Å²) in [5.41, 5.74) is 7.24. The second-order valence-electron chi connectivity index (χ2n) is 3.85. The van der Waals surface area contributed by atoms with E-state index in [4.69, 9.17) is 10.5 Å². The van der Waals surface area contributed by atoms with Crippen LogP contribution in [0.1, 0.15) is 24.8 Å². The average Bonchev–Trinajstić information content (AvgIpc) is 2.14. The van der Waals surface area contributed by atoms with E-state index in [1.165, 1.54) is 6.42 Å². The first-order valence-corrected chi connectivity index (χ1v) is 5.58. The molecule has 0 amide bonds. The molecule has 2 nitrogen and oxygen atoms in total. The molecular weight excluding hydrogens is 242 g/mol. The Morgan fingerprint density at radius 2 is 2.14 bits per heavy atom. The van der Waals surface area contributed by atoms with Crippen LogP contribution >= 0.6 is 15.9 Å². The summed E-state index contributed by atoms with van der Waals surface area (Å²) in [6, 6.07) is 6.01. The van der Waals surface area contributed by atoms with Gasteiger partial charge in [0.2, 0.25) is 0 Å². The van der Waals surface area contributed by atoms with Crippen LogP contribution in [0.4, 0.5) is 0 Å². The van der Waals surface area contributed by atoms with Gasteiger partial charge in [0.05, 0.1) is 7.11 Å². The molecule has 1 aromatic carbocycles. The van der Waals surface area contributed by atoms with Gasteiger partial charge in [-0.1, -0.05) is 15.9 Å². The summed E-state index contributed by atoms with van der Waals surface area (Å²) in [6.45, 7) is 0. The van der Waals surface area contributed by atoms with Gasteiger partial charge in [-0.15, -0.1) is 0 Å². The Balaban J connectivity index is 2.43. The molecule has 1 aromatic rings. The van der Waals surface area contributed by atoms with Crippen molar-refractivity contribution in [1.29, 1.82) is 0 Å². The Labute approximate surface area is 92.6 Å². The molecule has 2 N–H and O–H groups in total. The van der Waals surface area contributed by atoms with E-state index < -0.39 is 0 Å². The SMILES string of the molecule is COc1ccc(Br)cc1C1(N)CCC1. The van der Waals surface area contributed by atoms with Crippen molar-refractivity contribution in [2.45, 2.75) is 24.8 Å². The Morgan fingerprint density at radius 1 is 1.43 bits per heavy atom. The molecule has 1 aliphatic rings. The van der Waals surface area contributed by atoms with Crippen LogP contribution in [0.3, 0.4) is 0 Å². The molecule has 0 atom stereocenters. The minimum atomic E-state index is -0.158. The van der Waals surface area contributed by atoms with Crippen molar-refractivity contribution < 1.29 is 4.74 Å². The van der Waals surface area contributed by atoms with Crippen molar-refractivity contribution >= 4 is 15.9 Å². The van der Waals surface area contributed by atoms with Crippen LogP contribution in [0.15, 0.2) is 22.7 Å². The largest absolute Gasteiger partial charge is 0.496 e. The highest BCUT2D eigenvalue weighted by molar-refractivity contribution is 9.10. The summed E-state index contributed by atoms with van der Waals surface area (Å²) in [5, 5.41) is 0. The zero-order valence-electron chi connectivity index (χ0n) is 8.22. The van der Waals surface area contributed by atoms with E-state index >= 15 is 0 Å². The molecule has 1 fully saturated rings. The fourth-order valence-electron chi connectivity index (χ4n) is 1.90. The minimum Gasteiger partial charge on any atom is -0.496 e. The van der Waals surface area contributed by atoms with Gasteiger partial charge in [0.25, 0.3) is 0 Å². The monoisotopic (exact) mass is 255 g/mol. The van der Waals surface area contributed by atoms with E-state index in [1.54, 1.807) is 7.11 Å². The van der Waals surface area contributed by atoms with Gasteiger partial charge in [0.1, 0.15) is 5.75 Å². The zero-order valence-corrected chi connectivity index (χ0v) is 9.80. The third kappa shape index (κ3) is 1.55. The van der Waals surface area contributed by atoms with Crippen molar-refractivity contribution in [3.63, 3.8) is 0 Å². The molecule has 0 radical (unpaired) electrons. The van der Waals surface area contributed by atoms with E-state index in [9.17, 15) is 0 Å². The number of ether oxygens (including phenoxy) is 1. The highest BCUT2D eigenvalue weighted by atomic mass is 79.9. The standard InChI is InChI=1S/C11H14BrNO/c1-14-10-4-3-8(12)7-9(10)11(13)5-2-6-11/h3-4,7H,2,5-6,13H2,1H3. The normalized spacial score (nSPS) is 18.8. The smallest absolute Gasteiger partial charge is 0.123 e. The molecule has 0 bridgehead atoms. The summed E-state index contributed by atoms with van der Waals surface area (Å²) < 4.78 is 6.38. The number of rotatable bonds is 2. The Morgan fingerprint density at radius 3 is 2.64 bits per heavy atom. The van der Waals surface area contributed by atoms with Crippen molar-refractivity contribution in [2.75, 3.05) is 7.11 Å². The molecule has 1 saturated carbocycles. The second kappa shape index (κ2) is 3.55. The van der Waals surface area contributed by atoms with Crippen LogP contribution in [0, 0.1) is 0 Å². The third-order valence-electron chi connectivity index (χ3n) is 2.94. The molecular formula is C11H14BrNO. The Hall–Kier alpha value is -0.540. The first-order chi connectivity index (χ1) is 6.65. The van der Waals surface area contributed by atoms with Crippen LogP contribution in [0.2, 0.25) is 0 Å². The fourth-order valence-corrected chi connectivity index (χ4v) is 2.26. The van der Waals surface area contributed by atoms with Crippen LogP contribution in [-0.4, -0.2) is 7.11 Å². The van der Waals surface area contributed by atoms with E-state index in [2.05, 4.69) is 22.0 Å². The van der Waals surface area contributed by atoms with E-state index in [1.807, 2.05) is 12.1 Å². The van der Waals surface area contributed by atoms with Gasteiger partial charge in [-0.25, -0.2) is 0 Å². The van der Waals surface area contributed by atoms with Gasteiger partial charge in [0, 0.05) is 15.6 Å². The molecule has 1 aliphatic carbocycles. The molecule has 0 spiro atoms. The first kappa shape index (κ1) is 9.99. The second-order valence-corrected chi connectivity index (χ2v) is 4.77. The first-order valence-electron chi connectivity index (χ1n) is 4.79. The molecule has 2 rings (SSSR count). The van der Waals surface area contributed by atoms with Crippen molar-refractivity contribution in [3.05, 3.63) is 28.2 Å². The quantitative estimate of drug-likeness (QED) is 0.883. The predicted octanol–water partition coefficient (Wildman–Crippen LogP) is 2.80. The molecule has 0 aromatic heterocycles. The fraction of sp³-hybridized carbons (Fsp3) is 0.455. The molecule has 0 aliphatic heterocycles. The highest BCUT2D eigenvalue weighted by Crippen LogP contribution is 2.43. The van der Waals surface area contributed by atoms with E-state index in [-0.39, 0.29) is 5.54 Å². The van der Waals surface area contributed by atoms with Crippen LogP contribution in [-0.2, 0) is 5.54 Å². The zero-order chi connectivity index (χ0) is 10.2. The number of hydrogen-bond acceptors (Lipinski definition) is 2. The van der Waals surface area contributed by atoms with Crippen molar-refractivity contribution in [1.82, 2.24) is 0 Å². The lowest BCUT2D eigenvalue weighted by atomic mass is 9.72. The Kier molecular flexibility index (Phi) is 2.54. The lowest BCUT2D eigenvalue weighted by molar-refractivity contribution is 0.244. The number of benzene rings is 1. The summed E-state index contributed by atoms with van der Waals surface area (Å²) in [6.07, 6.45) is 3.33. The predicted molar refractivity (Wildman–Crippen MR) is 60.4 cm³/mol. The highest BCUT2D eigenvalue weighted by Gasteiger charge is 2.36. The molecule has 0 heterocycles. The summed E-state index contributed by atoms with van der Waals surface area (Å²) in [7, 11) is 1.69. The summed E-state index contributed by atoms with van der Waals surface area (Å²) in [5.74, 6) is 0.899. The molecule has 14 heavy (non-hydrogen) atoms.